The van der Waals surface area contributed by atoms with E-state index in [9.17, 15) is 14.0 Å². The summed E-state index contributed by atoms with van der Waals surface area (Å²) in [4.78, 5) is 22.4. The Morgan fingerprint density at radius 3 is 2.72 bits per heavy atom. The van der Waals surface area contributed by atoms with E-state index < -0.39 is 17.8 Å². The highest BCUT2D eigenvalue weighted by Gasteiger charge is 2.48. The highest BCUT2D eigenvalue weighted by atomic mass is 19.1. The van der Waals surface area contributed by atoms with Gasteiger partial charge in [-0.2, -0.15) is 0 Å². The van der Waals surface area contributed by atoms with E-state index in [4.69, 9.17) is 5.11 Å². The van der Waals surface area contributed by atoms with Crippen LogP contribution in [0.2, 0.25) is 0 Å². The van der Waals surface area contributed by atoms with E-state index in [1.54, 1.807) is 19.1 Å². The normalized spacial score (nSPS) is 23.2. The number of carbonyl (C=O) groups excluding carboxylic acids is 1. The minimum atomic E-state index is -0.937. The van der Waals surface area contributed by atoms with Gasteiger partial charge in [-0.15, -0.1) is 0 Å². The fourth-order valence-corrected chi connectivity index (χ4v) is 1.94. The van der Waals surface area contributed by atoms with Gasteiger partial charge in [0.2, 0.25) is 5.91 Å². The van der Waals surface area contributed by atoms with Crippen LogP contribution in [0, 0.1) is 17.7 Å². The van der Waals surface area contributed by atoms with E-state index in [0.717, 1.165) is 0 Å². The second-order valence-electron chi connectivity index (χ2n) is 4.57. The van der Waals surface area contributed by atoms with Gasteiger partial charge in [0.25, 0.3) is 0 Å². The molecule has 1 fully saturated rings. The summed E-state index contributed by atoms with van der Waals surface area (Å²) >= 11 is 0. The monoisotopic (exact) mass is 251 g/mol. The molecule has 18 heavy (non-hydrogen) atoms. The Bertz CT molecular complexity index is 489. The first-order chi connectivity index (χ1) is 8.49. The van der Waals surface area contributed by atoms with E-state index in [2.05, 4.69) is 5.32 Å². The number of amides is 1. The number of hydrogen-bond acceptors (Lipinski definition) is 2. The van der Waals surface area contributed by atoms with Crippen LogP contribution in [0.5, 0.6) is 0 Å². The molecular formula is C13H14FNO3. The highest BCUT2D eigenvalue weighted by molar-refractivity contribution is 5.89. The van der Waals surface area contributed by atoms with Crippen molar-refractivity contribution in [3.05, 3.63) is 35.6 Å². The molecule has 1 saturated carbocycles. The molecule has 0 bridgehead atoms. The quantitative estimate of drug-likeness (QED) is 0.856. The van der Waals surface area contributed by atoms with Crippen LogP contribution in [0.3, 0.4) is 0 Å². The van der Waals surface area contributed by atoms with E-state index in [1.807, 2.05) is 0 Å². The number of hydrogen-bond donors (Lipinski definition) is 2. The molecule has 0 radical (unpaired) electrons. The first kappa shape index (κ1) is 12.5. The summed E-state index contributed by atoms with van der Waals surface area (Å²) < 4.78 is 13.0. The predicted octanol–water partition coefficient (Wildman–Crippen LogP) is 1.72. The minimum absolute atomic E-state index is 0.279. The molecule has 96 valence electrons. The van der Waals surface area contributed by atoms with Crippen molar-refractivity contribution < 1.29 is 19.1 Å². The van der Waals surface area contributed by atoms with Crippen LogP contribution in [0.25, 0.3) is 0 Å². The van der Waals surface area contributed by atoms with Crippen molar-refractivity contribution in [2.45, 2.75) is 19.4 Å². The Morgan fingerprint density at radius 1 is 1.44 bits per heavy atom. The molecule has 1 aliphatic carbocycles. The Balaban J connectivity index is 1.94. The van der Waals surface area contributed by atoms with Gasteiger partial charge in [0.05, 0.1) is 17.9 Å². The van der Waals surface area contributed by atoms with Gasteiger partial charge in [0.1, 0.15) is 5.82 Å². The highest BCUT2D eigenvalue weighted by Crippen LogP contribution is 2.39. The molecule has 0 saturated heterocycles. The molecule has 0 heterocycles. The van der Waals surface area contributed by atoms with Gasteiger partial charge in [0.15, 0.2) is 0 Å². The second kappa shape index (κ2) is 4.76. The Labute approximate surface area is 104 Å². The fraction of sp³-hybridized carbons (Fsp3) is 0.385. The van der Waals surface area contributed by atoms with E-state index in [-0.39, 0.29) is 17.8 Å². The molecule has 1 aliphatic rings. The van der Waals surface area contributed by atoms with Crippen molar-refractivity contribution in [1.82, 2.24) is 5.32 Å². The van der Waals surface area contributed by atoms with Gasteiger partial charge in [-0.3, -0.25) is 9.59 Å². The molecule has 3 atom stereocenters. The van der Waals surface area contributed by atoms with Gasteiger partial charge < -0.3 is 10.4 Å². The zero-order chi connectivity index (χ0) is 13.3. The van der Waals surface area contributed by atoms with E-state index >= 15 is 0 Å². The smallest absolute Gasteiger partial charge is 0.307 e. The van der Waals surface area contributed by atoms with E-state index in [1.165, 1.54) is 12.1 Å². The average Bonchev–Trinajstić information content (AvgIpc) is 3.08. The predicted molar refractivity (Wildman–Crippen MR) is 62.2 cm³/mol. The van der Waals surface area contributed by atoms with Crippen LogP contribution in [0.4, 0.5) is 4.39 Å². The summed E-state index contributed by atoms with van der Waals surface area (Å²) in [5.41, 5.74) is 0.663. The number of rotatable bonds is 4. The van der Waals surface area contributed by atoms with Crippen LogP contribution in [0.1, 0.15) is 24.9 Å². The second-order valence-corrected chi connectivity index (χ2v) is 4.57. The summed E-state index contributed by atoms with van der Waals surface area (Å²) in [5, 5.41) is 11.4. The van der Waals surface area contributed by atoms with E-state index in [0.29, 0.717) is 12.0 Å². The number of halogens is 1. The Kier molecular flexibility index (Phi) is 3.32. The summed E-state index contributed by atoms with van der Waals surface area (Å²) in [6, 6.07) is 5.65. The lowest BCUT2D eigenvalue weighted by atomic mass is 10.1. The number of carbonyl (C=O) groups is 2. The Hall–Kier alpha value is -1.91. The van der Waals surface area contributed by atoms with Crippen molar-refractivity contribution in [3.63, 3.8) is 0 Å². The maximum atomic E-state index is 13.0. The number of nitrogens with one attached hydrogen (secondary N) is 1. The summed E-state index contributed by atoms with van der Waals surface area (Å²) in [7, 11) is 0. The molecule has 1 aromatic rings. The summed E-state index contributed by atoms with van der Waals surface area (Å²) in [6.45, 7) is 1.74. The number of benzene rings is 1. The lowest BCUT2D eigenvalue weighted by molar-refractivity contribution is -0.140. The molecule has 1 aromatic carbocycles. The third kappa shape index (κ3) is 2.67. The average molecular weight is 251 g/mol. The minimum Gasteiger partial charge on any atom is -0.481 e. The number of aliphatic carboxylic acids is 1. The van der Waals surface area contributed by atoms with Gasteiger partial charge in [-0.05, 0) is 31.0 Å². The Morgan fingerprint density at radius 2 is 2.17 bits per heavy atom. The van der Waals surface area contributed by atoms with Gasteiger partial charge in [-0.25, -0.2) is 4.39 Å². The SMILES string of the molecule is C[C@H](NC(=O)[C@@H]1C[C@@H]1C(=O)O)c1cccc(F)c1. The molecule has 2 rings (SSSR count). The van der Waals surface area contributed by atoms with Crippen LogP contribution < -0.4 is 5.32 Å². The van der Waals surface area contributed by atoms with Gasteiger partial charge in [0, 0.05) is 0 Å². The van der Waals surface area contributed by atoms with Crippen LogP contribution in [-0.2, 0) is 9.59 Å². The van der Waals surface area contributed by atoms with Crippen molar-refractivity contribution in [3.8, 4) is 0 Å². The zero-order valence-corrected chi connectivity index (χ0v) is 9.89. The maximum absolute atomic E-state index is 13.0. The van der Waals surface area contributed by atoms with Crippen molar-refractivity contribution in [2.75, 3.05) is 0 Å². The molecule has 0 aromatic heterocycles. The van der Waals surface area contributed by atoms with Crippen molar-refractivity contribution >= 4 is 11.9 Å². The van der Waals surface area contributed by atoms with Crippen LogP contribution >= 0.6 is 0 Å². The van der Waals surface area contributed by atoms with Gasteiger partial charge in [-0.1, -0.05) is 12.1 Å². The number of carboxylic acid groups (broad SMARTS) is 1. The largest absolute Gasteiger partial charge is 0.481 e. The van der Waals surface area contributed by atoms with Crippen LogP contribution in [-0.4, -0.2) is 17.0 Å². The third-order valence-corrected chi connectivity index (χ3v) is 3.15. The lowest BCUT2D eigenvalue weighted by Crippen LogP contribution is -2.29. The summed E-state index contributed by atoms with van der Waals surface area (Å²) in [6.07, 6.45) is 0.386. The first-order valence-electron chi connectivity index (χ1n) is 5.77. The summed E-state index contributed by atoms with van der Waals surface area (Å²) in [5.74, 6) is -2.58. The number of carboxylic acids is 1. The standard InChI is InChI=1S/C13H14FNO3/c1-7(8-3-2-4-9(14)5-8)15-12(16)10-6-11(10)13(17)18/h2-5,7,10-11H,6H2,1H3,(H,15,16)(H,17,18)/t7-,10+,11-/m0/s1. The molecule has 2 N–H and O–H groups in total. The van der Waals surface area contributed by atoms with Crippen LogP contribution in [0.15, 0.2) is 24.3 Å². The maximum Gasteiger partial charge on any atom is 0.307 e. The van der Waals surface area contributed by atoms with Crippen molar-refractivity contribution in [1.29, 1.82) is 0 Å². The zero-order valence-electron chi connectivity index (χ0n) is 9.89. The molecule has 0 aliphatic heterocycles. The third-order valence-electron chi connectivity index (χ3n) is 3.15. The molecule has 0 unspecified atom stereocenters. The fourth-order valence-electron chi connectivity index (χ4n) is 1.94. The first-order valence-corrected chi connectivity index (χ1v) is 5.77. The lowest BCUT2D eigenvalue weighted by Gasteiger charge is -2.14. The molecule has 0 spiro atoms. The molecule has 4 nitrogen and oxygen atoms in total. The molecule has 1 amide bonds. The van der Waals surface area contributed by atoms with Crippen molar-refractivity contribution in [2.24, 2.45) is 11.8 Å². The molecular weight excluding hydrogens is 237 g/mol. The topological polar surface area (TPSA) is 66.4 Å². The molecule has 5 heteroatoms. The van der Waals surface area contributed by atoms with Gasteiger partial charge >= 0.3 is 5.97 Å².